The largest absolute Gasteiger partial charge is 0.508 e. The molecule has 1 fully saturated rings. The maximum atomic E-state index is 11.9. The van der Waals surface area contributed by atoms with Gasteiger partial charge in [-0.3, -0.25) is 9.59 Å². The number of carboxylic acids is 1. The predicted molar refractivity (Wildman–Crippen MR) is 77.9 cm³/mol. The van der Waals surface area contributed by atoms with E-state index >= 15 is 0 Å². The lowest BCUT2D eigenvalue weighted by Crippen LogP contribution is -2.37. The van der Waals surface area contributed by atoms with Gasteiger partial charge in [-0.2, -0.15) is 0 Å². The summed E-state index contributed by atoms with van der Waals surface area (Å²) >= 11 is 0. The van der Waals surface area contributed by atoms with Crippen molar-refractivity contribution in [1.82, 2.24) is 5.32 Å². The van der Waals surface area contributed by atoms with Gasteiger partial charge >= 0.3 is 5.97 Å². The fourth-order valence-electron chi connectivity index (χ4n) is 2.94. The van der Waals surface area contributed by atoms with Gasteiger partial charge in [0.1, 0.15) is 5.75 Å². The van der Waals surface area contributed by atoms with Gasteiger partial charge in [-0.1, -0.05) is 25.0 Å². The Morgan fingerprint density at radius 1 is 1.24 bits per heavy atom. The molecular formula is C16H21NO4. The number of carboxylic acid groups (broad SMARTS) is 1. The first-order valence-electron chi connectivity index (χ1n) is 7.33. The van der Waals surface area contributed by atoms with Crippen molar-refractivity contribution in [3.63, 3.8) is 0 Å². The Balaban J connectivity index is 1.84. The molecular weight excluding hydrogens is 270 g/mol. The number of rotatable bonds is 5. The summed E-state index contributed by atoms with van der Waals surface area (Å²) in [6, 6.07) is 6.58. The first kappa shape index (κ1) is 15.4. The minimum absolute atomic E-state index is 0.0179. The minimum atomic E-state index is -0.762. The molecule has 0 bridgehead atoms. The van der Waals surface area contributed by atoms with Gasteiger partial charge in [0.15, 0.2) is 0 Å². The van der Waals surface area contributed by atoms with E-state index in [1.165, 1.54) is 0 Å². The summed E-state index contributed by atoms with van der Waals surface area (Å²) in [6.07, 6.45) is 3.71. The van der Waals surface area contributed by atoms with E-state index in [1.807, 2.05) is 0 Å². The smallest absolute Gasteiger partial charge is 0.306 e. The minimum Gasteiger partial charge on any atom is -0.508 e. The summed E-state index contributed by atoms with van der Waals surface area (Å²) in [7, 11) is 0. The highest BCUT2D eigenvalue weighted by atomic mass is 16.4. The highest BCUT2D eigenvalue weighted by Crippen LogP contribution is 2.29. The van der Waals surface area contributed by atoms with Gasteiger partial charge < -0.3 is 15.5 Å². The quantitative estimate of drug-likeness (QED) is 0.774. The third kappa shape index (κ3) is 4.48. The van der Waals surface area contributed by atoms with E-state index in [4.69, 9.17) is 0 Å². The molecule has 2 atom stereocenters. The number of carbonyl (C=O) groups is 2. The first-order chi connectivity index (χ1) is 10.1. The average molecular weight is 291 g/mol. The highest BCUT2D eigenvalue weighted by molar-refractivity contribution is 5.78. The molecule has 1 saturated carbocycles. The lowest BCUT2D eigenvalue weighted by Gasteiger charge is -2.28. The van der Waals surface area contributed by atoms with Crippen LogP contribution in [-0.2, 0) is 16.0 Å². The molecule has 1 aromatic rings. The molecule has 2 unspecified atom stereocenters. The molecule has 0 saturated heterocycles. The molecule has 1 aliphatic carbocycles. The maximum Gasteiger partial charge on any atom is 0.306 e. The van der Waals surface area contributed by atoms with Crippen LogP contribution in [0.5, 0.6) is 5.75 Å². The SMILES string of the molecule is O=C(Cc1cccc(O)c1)NCC1CCCCC1C(=O)O. The lowest BCUT2D eigenvalue weighted by molar-refractivity contribution is -0.145. The Morgan fingerprint density at radius 2 is 2.00 bits per heavy atom. The monoisotopic (exact) mass is 291 g/mol. The number of nitrogens with one attached hydrogen (secondary N) is 1. The molecule has 114 valence electrons. The first-order valence-corrected chi connectivity index (χ1v) is 7.33. The maximum absolute atomic E-state index is 11.9. The van der Waals surface area contributed by atoms with Gasteiger partial charge in [0.25, 0.3) is 0 Å². The van der Waals surface area contributed by atoms with Crippen molar-refractivity contribution < 1.29 is 19.8 Å². The molecule has 21 heavy (non-hydrogen) atoms. The molecule has 5 heteroatoms. The number of phenolic OH excluding ortho intramolecular Hbond substituents is 1. The van der Waals surface area contributed by atoms with Gasteiger partial charge in [0, 0.05) is 6.54 Å². The third-order valence-electron chi connectivity index (χ3n) is 4.06. The number of phenols is 1. The molecule has 0 radical (unpaired) electrons. The van der Waals surface area contributed by atoms with Crippen molar-refractivity contribution in [2.24, 2.45) is 11.8 Å². The zero-order chi connectivity index (χ0) is 15.2. The van der Waals surface area contributed by atoms with Crippen LogP contribution in [-0.4, -0.2) is 28.6 Å². The van der Waals surface area contributed by atoms with Crippen LogP contribution < -0.4 is 5.32 Å². The summed E-state index contributed by atoms with van der Waals surface area (Å²) < 4.78 is 0. The molecule has 3 N–H and O–H groups in total. The van der Waals surface area contributed by atoms with Crippen LogP contribution >= 0.6 is 0 Å². The molecule has 1 aliphatic rings. The second-order valence-electron chi connectivity index (χ2n) is 5.64. The van der Waals surface area contributed by atoms with E-state index in [0.717, 1.165) is 24.8 Å². The Morgan fingerprint density at radius 3 is 2.71 bits per heavy atom. The molecule has 0 aliphatic heterocycles. The standard InChI is InChI=1S/C16H21NO4/c18-13-6-3-4-11(8-13)9-15(19)17-10-12-5-1-2-7-14(12)16(20)21/h3-4,6,8,12,14,18H,1-2,5,7,9-10H2,(H,17,19)(H,20,21). The summed E-state index contributed by atoms with van der Waals surface area (Å²) in [5.41, 5.74) is 0.742. The van der Waals surface area contributed by atoms with Crippen molar-refractivity contribution >= 4 is 11.9 Å². The second-order valence-corrected chi connectivity index (χ2v) is 5.64. The third-order valence-corrected chi connectivity index (χ3v) is 4.06. The second kappa shape index (κ2) is 7.11. The van der Waals surface area contributed by atoms with Gasteiger partial charge in [-0.25, -0.2) is 0 Å². The summed E-state index contributed by atoms with van der Waals surface area (Å²) in [6.45, 7) is 0.411. The number of benzene rings is 1. The van der Waals surface area contributed by atoms with E-state index in [-0.39, 0.29) is 29.9 Å². The fourth-order valence-corrected chi connectivity index (χ4v) is 2.94. The van der Waals surface area contributed by atoms with Crippen molar-refractivity contribution in [3.8, 4) is 5.75 Å². The van der Waals surface area contributed by atoms with E-state index in [9.17, 15) is 19.8 Å². The van der Waals surface area contributed by atoms with Crippen molar-refractivity contribution in [2.45, 2.75) is 32.1 Å². The average Bonchev–Trinajstić information content (AvgIpc) is 2.45. The molecule has 0 heterocycles. The van der Waals surface area contributed by atoms with Crippen molar-refractivity contribution in [2.75, 3.05) is 6.54 Å². The summed E-state index contributed by atoms with van der Waals surface area (Å²) in [5.74, 6) is -1.10. The molecule has 0 aromatic heterocycles. The Hall–Kier alpha value is -2.04. The summed E-state index contributed by atoms with van der Waals surface area (Å²) in [4.78, 5) is 23.1. The molecule has 1 aromatic carbocycles. The van der Waals surface area contributed by atoms with Crippen LogP contribution in [0, 0.1) is 11.8 Å². The number of hydrogen-bond acceptors (Lipinski definition) is 3. The van der Waals surface area contributed by atoms with Crippen molar-refractivity contribution in [1.29, 1.82) is 0 Å². The van der Waals surface area contributed by atoms with Crippen LogP contribution in [0.15, 0.2) is 24.3 Å². The van der Waals surface area contributed by atoms with Crippen LogP contribution in [0.1, 0.15) is 31.2 Å². The number of amides is 1. The number of aromatic hydroxyl groups is 1. The fraction of sp³-hybridized carbons (Fsp3) is 0.500. The highest BCUT2D eigenvalue weighted by Gasteiger charge is 2.30. The zero-order valence-electron chi connectivity index (χ0n) is 11.9. The molecule has 0 spiro atoms. The zero-order valence-corrected chi connectivity index (χ0v) is 11.9. The Bertz CT molecular complexity index is 515. The number of hydrogen-bond donors (Lipinski definition) is 3. The van der Waals surface area contributed by atoms with Gasteiger partial charge in [-0.15, -0.1) is 0 Å². The number of aliphatic carboxylic acids is 1. The normalized spacial score (nSPS) is 21.7. The Labute approximate surface area is 124 Å². The van der Waals surface area contributed by atoms with Gasteiger partial charge in [0.2, 0.25) is 5.91 Å². The predicted octanol–water partition coefficient (Wildman–Crippen LogP) is 1.94. The van der Waals surface area contributed by atoms with E-state index in [1.54, 1.807) is 24.3 Å². The van der Waals surface area contributed by atoms with E-state index in [0.29, 0.717) is 13.0 Å². The molecule has 2 rings (SSSR count). The van der Waals surface area contributed by atoms with Crippen LogP contribution in [0.4, 0.5) is 0 Å². The molecule has 5 nitrogen and oxygen atoms in total. The Kier molecular flexibility index (Phi) is 5.20. The molecule has 1 amide bonds. The lowest BCUT2D eigenvalue weighted by atomic mass is 9.79. The number of carbonyl (C=O) groups excluding carboxylic acids is 1. The van der Waals surface area contributed by atoms with Crippen LogP contribution in [0.25, 0.3) is 0 Å². The van der Waals surface area contributed by atoms with Crippen LogP contribution in [0.2, 0.25) is 0 Å². The van der Waals surface area contributed by atoms with E-state index in [2.05, 4.69) is 5.32 Å². The van der Waals surface area contributed by atoms with Crippen molar-refractivity contribution in [3.05, 3.63) is 29.8 Å². The van der Waals surface area contributed by atoms with Gasteiger partial charge in [-0.05, 0) is 36.5 Å². The van der Waals surface area contributed by atoms with E-state index < -0.39 is 5.97 Å². The topological polar surface area (TPSA) is 86.6 Å². The van der Waals surface area contributed by atoms with Crippen LogP contribution in [0.3, 0.4) is 0 Å². The van der Waals surface area contributed by atoms with Gasteiger partial charge in [0.05, 0.1) is 12.3 Å². The summed E-state index contributed by atoms with van der Waals surface area (Å²) in [5, 5.41) is 21.4.